The van der Waals surface area contributed by atoms with Crippen molar-refractivity contribution in [3.8, 4) is 0 Å². The Hall–Kier alpha value is -2.02. The maximum absolute atomic E-state index is 6.46. The van der Waals surface area contributed by atoms with Crippen LogP contribution in [0.2, 0.25) is 0 Å². The molecule has 3 aromatic carbocycles. The molecule has 0 heterocycles. The van der Waals surface area contributed by atoms with Gasteiger partial charge in [-0.25, -0.2) is 0 Å². The van der Waals surface area contributed by atoms with Crippen LogP contribution < -0.4 is 5.73 Å². The first-order valence-corrected chi connectivity index (χ1v) is 10.00. The van der Waals surface area contributed by atoms with Crippen molar-refractivity contribution in [2.24, 2.45) is 0 Å². The van der Waals surface area contributed by atoms with Gasteiger partial charge in [0, 0.05) is 16.5 Å². The lowest BCUT2D eigenvalue weighted by molar-refractivity contribution is 0.576. The maximum Gasteiger partial charge on any atom is 0.0473 e. The summed E-state index contributed by atoms with van der Waals surface area (Å²) in [5.41, 5.74) is 8.83. The number of rotatable bonds is 9. The summed E-state index contributed by atoms with van der Waals surface area (Å²) in [5.74, 6) is 0. The van der Waals surface area contributed by atoms with Gasteiger partial charge in [-0.1, -0.05) is 94.3 Å². The van der Waals surface area contributed by atoms with Crippen molar-refractivity contribution >= 4 is 27.2 Å². The van der Waals surface area contributed by atoms with Crippen LogP contribution in [0.1, 0.15) is 63.9 Å². The average molecular weight is 334 g/mol. The van der Waals surface area contributed by atoms with Gasteiger partial charge in [0.25, 0.3) is 0 Å². The van der Waals surface area contributed by atoms with E-state index in [1.54, 1.807) is 0 Å². The second-order valence-electron chi connectivity index (χ2n) is 7.25. The number of aryl methyl sites for hydroxylation is 1. The average Bonchev–Trinajstić information content (AvgIpc) is 2.64. The van der Waals surface area contributed by atoms with Crippen LogP contribution in [0.15, 0.2) is 48.5 Å². The Balaban J connectivity index is 1.66. The van der Waals surface area contributed by atoms with Crippen molar-refractivity contribution < 1.29 is 0 Å². The zero-order valence-electron chi connectivity index (χ0n) is 15.6. The molecule has 0 amide bonds. The fraction of sp³-hybridized carbons (Fsp3) is 0.417. The minimum absolute atomic E-state index is 0.922. The van der Waals surface area contributed by atoms with Crippen LogP contribution in [0.4, 0.5) is 5.69 Å². The Morgan fingerprint density at radius 3 is 2.16 bits per heavy atom. The lowest BCUT2D eigenvalue weighted by Crippen LogP contribution is -1.93. The third-order valence-electron chi connectivity index (χ3n) is 5.34. The number of nitrogen functional groups attached to an aromatic ring is 1. The Kier molecular flexibility index (Phi) is 6.33. The van der Waals surface area contributed by atoms with Crippen molar-refractivity contribution in [1.29, 1.82) is 0 Å². The fourth-order valence-corrected chi connectivity index (χ4v) is 3.85. The van der Waals surface area contributed by atoms with E-state index in [-0.39, 0.29) is 0 Å². The van der Waals surface area contributed by atoms with E-state index in [0.29, 0.717) is 0 Å². The molecule has 25 heavy (non-hydrogen) atoms. The highest BCUT2D eigenvalue weighted by Gasteiger charge is 2.07. The second kappa shape index (κ2) is 8.89. The monoisotopic (exact) mass is 333 g/mol. The molecule has 132 valence electrons. The van der Waals surface area contributed by atoms with Crippen LogP contribution in [0.3, 0.4) is 0 Å². The largest absolute Gasteiger partial charge is 0.398 e. The Labute approximate surface area is 152 Å². The summed E-state index contributed by atoms with van der Waals surface area (Å²) in [5, 5.41) is 4.95. The number of anilines is 1. The van der Waals surface area contributed by atoms with Gasteiger partial charge in [-0.05, 0) is 35.2 Å². The van der Waals surface area contributed by atoms with Gasteiger partial charge in [-0.2, -0.15) is 0 Å². The summed E-state index contributed by atoms with van der Waals surface area (Å²) >= 11 is 0. The molecule has 0 unspecified atom stereocenters. The molecule has 2 N–H and O–H groups in total. The van der Waals surface area contributed by atoms with E-state index in [9.17, 15) is 0 Å². The molecule has 1 heteroatoms. The summed E-state index contributed by atoms with van der Waals surface area (Å²) in [6.45, 7) is 2.28. The molecule has 0 aliphatic carbocycles. The molecule has 0 aromatic heterocycles. The third-order valence-corrected chi connectivity index (χ3v) is 5.34. The molecule has 3 rings (SSSR count). The fourth-order valence-electron chi connectivity index (χ4n) is 3.85. The van der Waals surface area contributed by atoms with E-state index in [1.807, 2.05) is 0 Å². The van der Waals surface area contributed by atoms with E-state index >= 15 is 0 Å². The highest BCUT2D eigenvalue weighted by molar-refractivity contribution is 6.10. The predicted octanol–water partition coefficient (Wildman–Crippen LogP) is 7.26. The van der Waals surface area contributed by atoms with Gasteiger partial charge in [0.15, 0.2) is 0 Å². The van der Waals surface area contributed by atoms with Crippen molar-refractivity contribution in [3.05, 3.63) is 54.1 Å². The van der Waals surface area contributed by atoms with E-state index in [4.69, 9.17) is 5.73 Å². The minimum Gasteiger partial charge on any atom is -0.398 e. The molecule has 1 nitrogen and oxygen atoms in total. The SMILES string of the molecule is CCCCCCCCCCc1cccc2c(N)c3ccccc3cc12. The minimum atomic E-state index is 0.922. The van der Waals surface area contributed by atoms with E-state index in [2.05, 4.69) is 55.5 Å². The van der Waals surface area contributed by atoms with Crippen molar-refractivity contribution in [3.63, 3.8) is 0 Å². The molecule has 0 saturated carbocycles. The number of fused-ring (bicyclic) bond motifs is 2. The van der Waals surface area contributed by atoms with E-state index in [1.165, 1.54) is 78.5 Å². The predicted molar refractivity (Wildman–Crippen MR) is 112 cm³/mol. The summed E-state index contributed by atoms with van der Waals surface area (Å²) in [7, 11) is 0. The zero-order valence-corrected chi connectivity index (χ0v) is 15.6. The van der Waals surface area contributed by atoms with Crippen molar-refractivity contribution in [1.82, 2.24) is 0 Å². The molecular formula is C24H31N. The smallest absolute Gasteiger partial charge is 0.0473 e. The number of nitrogens with two attached hydrogens (primary N) is 1. The quantitative estimate of drug-likeness (QED) is 0.249. The van der Waals surface area contributed by atoms with Gasteiger partial charge >= 0.3 is 0 Å². The van der Waals surface area contributed by atoms with Gasteiger partial charge in [-0.3, -0.25) is 0 Å². The molecule has 0 aliphatic rings. The van der Waals surface area contributed by atoms with Crippen LogP contribution >= 0.6 is 0 Å². The molecule has 0 saturated heterocycles. The van der Waals surface area contributed by atoms with Crippen LogP contribution in [0, 0.1) is 0 Å². The van der Waals surface area contributed by atoms with Crippen LogP contribution in [-0.4, -0.2) is 0 Å². The number of hydrogen-bond acceptors (Lipinski definition) is 1. The summed E-state index contributed by atoms with van der Waals surface area (Å²) in [6.07, 6.45) is 12.1. The van der Waals surface area contributed by atoms with Gasteiger partial charge in [-0.15, -0.1) is 0 Å². The lowest BCUT2D eigenvalue weighted by Gasteiger charge is -2.11. The zero-order chi connectivity index (χ0) is 17.5. The van der Waals surface area contributed by atoms with Crippen LogP contribution in [0.25, 0.3) is 21.5 Å². The molecular weight excluding hydrogens is 302 g/mol. The Morgan fingerprint density at radius 2 is 1.36 bits per heavy atom. The standard InChI is InChI=1S/C24H31N/c1-2-3-4-5-6-7-8-9-13-19-15-12-17-22-23(19)18-20-14-10-11-16-21(20)24(22)25/h10-12,14-18H,2-9,13,25H2,1H3. The molecule has 3 aromatic rings. The van der Waals surface area contributed by atoms with E-state index in [0.717, 1.165) is 12.1 Å². The van der Waals surface area contributed by atoms with Gasteiger partial charge in [0.2, 0.25) is 0 Å². The molecule has 0 radical (unpaired) electrons. The first kappa shape index (κ1) is 17.8. The summed E-state index contributed by atoms with van der Waals surface area (Å²) < 4.78 is 0. The van der Waals surface area contributed by atoms with Crippen LogP contribution in [0.5, 0.6) is 0 Å². The number of benzene rings is 3. The topological polar surface area (TPSA) is 26.0 Å². The summed E-state index contributed by atoms with van der Waals surface area (Å²) in [4.78, 5) is 0. The normalized spacial score (nSPS) is 11.4. The first-order chi connectivity index (χ1) is 12.3. The Morgan fingerprint density at radius 1 is 0.680 bits per heavy atom. The number of unbranched alkanes of at least 4 members (excludes halogenated alkanes) is 7. The van der Waals surface area contributed by atoms with Crippen LogP contribution in [-0.2, 0) is 6.42 Å². The molecule has 0 fully saturated rings. The molecule has 0 bridgehead atoms. The summed E-state index contributed by atoms with van der Waals surface area (Å²) in [6, 6.07) is 17.4. The Bertz CT molecular complexity index is 819. The van der Waals surface area contributed by atoms with Gasteiger partial charge < -0.3 is 5.73 Å². The van der Waals surface area contributed by atoms with Crippen molar-refractivity contribution in [2.45, 2.75) is 64.7 Å². The highest BCUT2D eigenvalue weighted by atomic mass is 14.6. The lowest BCUT2D eigenvalue weighted by atomic mass is 9.95. The van der Waals surface area contributed by atoms with Gasteiger partial charge in [0.1, 0.15) is 0 Å². The van der Waals surface area contributed by atoms with Gasteiger partial charge in [0.05, 0.1) is 0 Å². The first-order valence-electron chi connectivity index (χ1n) is 10.00. The highest BCUT2D eigenvalue weighted by Crippen LogP contribution is 2.32. The molecule has 0 spiro atoms. The number of hydrogen-bond donors (Lipinski definition) is 1. The third kappa shape index (κ3) is 4.34. The van der Waals surface area contributed by atoms with E-state index < -0.39 is 0 Å². The maximum atomic E-state index is 6.46. The molecule has 0 aliphatic heterocycles. The second-order valence-corrected chi connectivity index (χ2v) is 7.25. The van der Waals surface area contributed by atoms with Crippen molar-refractivity contribution in [2.75, 3.05) is 5.73 Å². The molecule has 0 atom stereocenters.